The molecule has 0 aliphatic carbocycles. The number of hydrogen-bond donors (Lipinski definition) is 0. The summed E-state index contributed by atoms with van der Waals surface area (Å²) < 4.78 is 3.20. The van der Waals surface area contributed by atoms with E-state index in [1.807, 2.05) is 30.0 Å². The molecule has 1 aliphatic rings. The van der Waals surface area contributed by atoms with Crippen LogP contribution >= 0.6 is 22.9 Å². The van der Waals surface area contributed by atoms with Crippen LogP contribution in [-0.4, -0.2) is 37.1 Å². The third-order valence-corrected chi connectivity index (χ3v) is 6.31. The smallest absolute Gasteiger partial charge is 0.254 e. The molecule has 2 aromatic heterocycles. The zero-order valence-electron chi connectivity index (χ0n) is 15.0. The second kappa shape index (κ2) is 6.68. The van der Waals surface area contributed by atoms with Gasteiger partial charge in [-0.25, -0.2) is 4.98 Å². The van der Waals surface area contributed by atoms with E-state index in [4.69, 9.17) is 16.6 Å². The fourth-order valence-corrected chi connectivity index (χ4v) is 4.63. The molecule has 0 saturated carbocycles. The maximum Gasteiger partial charge on any atom is 0.254 e. The third-order valence-electron chi connectivity index (χ3n) is 5.02. The van der Waals surface area contributed by atoms with Crippen molar-refractivity contribution in [3.63, 3.8) is 0 Å². The Kier molecular flexibility index (Phi) is 4.14. The molecule has 1 aliphatic heterocycles. The van der Waals surface area contributed by atoms with Crippen LogP contribution in [0.3, 0.4) is 0 Å². The van der Waals surface area contributed by atoms with Gasteiger partial charge in [0.25, 0.3) is 5.91 Å². The first kappa shape index (κ1) is 17.3. The average Bonchev–Trinajstić information content (AvgIpc) is 3.32. The number of hydrogen-bond acceptors (Lipinski definition) is 5. The van der Waals surface area contributed by atoms with Crippen LogP contribution in [0.4, 0.5) is 0 Å². The molecule has 1 atom stereocenters. The maximum absolute atomic E-state index is 12.9. The Hall–Kier alpha value is -2.77. The molecular weight excluding hydrogens is 394 g/mol. The molecule has 5 rings (SSSR count). The lowest BCUT2D eigenvalue weighted by Crippen LogP contribution is -2.41. The van der Waals surface area contributed by atoms with Gasteiger partial charge < -0.3 is 9.47 Å². The van der Waals surface area contributed by atoms with E-state index in [-0.39, 0.29) is 11.9 Å². The van der Waals surface area contributed by atoms with Crippen molar-refractivity contribution in [1.82, 2.24) is 24.6 Å². The highest BCUT2D eigenvalue weighted by Gasteiger charge is 2.32. The van der Waals surface area contributed by atoms with Crippen molar-refractivity contribution in [3.8, 4) is 10.8 Å². The number of aromatic nitrogens is 4. The van der Waals surface area contributed by atoms with Crippen molar-refractivity contribution in [3.05, 3.63) is 64.9 Å². The number of amides is 1. The fraction of sp³-hybridized carbons (Fsp3) is 0.200. The summed E-state index contributed by atoms with van der Waals surface area (Å²) in [5.41, 5.74) is 1.58. The minimum atomic E-state index is -0.174. The molecule has 0 radical (unpaired) electrons. The van der Waals surface area contributed by atoms with E-state index in [0.29, 0.717) is 23.7 Å². The normalized spacial score (nSPS) is 16.4. The fourth-order valence-electron chi connectivity index (χ4n) is 3.55. The Morgan fingerprint density at radius 1 is 1.11 bits per heavy atom. The van der Waals surface area contributed by atoms with Crippen LogP contribution in [0.5, 0.6) is 0 Å². The van der Waals surface area contributed by atoms with Crippen LogP contribution in [0.15, 0.2) is 48.5 Å². The van der Waals surface area contributed by atoms with Gasteiger partial charge in [-0.05, 0) is 43.3 Å². The quantitative estimate of drug-likeness (QED) is 0.491. The summed E-state index contributed by atoms with van der Waals surface area (Å²) in [4.78, 5) is 19.5. The summed E-state index contributed by atoms with van der Waals surface area (Å²) in [6.07, 6.45) is 0. The molecule has 0 spiro atoms. The van der Waals surface area contributed by atoms with E-state index < -0.39 is 0 Å². The van der Waals surface area contributed by atoms with Crippen LogP contribution in [0.1, 0.15) is 29.1 Å². The standard InChI is InChI=1S/C20H16ClN5OS/c1-12-17-23-24-18(19-22-15-4-2-3-5-16(15)28-19)26(17)11-10-25(12)20(27)13-6-8-14(21)9-7-13/h2-9,12H,10-11H2,1H3. The Morgan fingerprint density at radius 3 is 2.68 bits per heavy atom. The molecule has 0 fully saturated rings. The van der Waals surface area contributed by atoms with Crippen LogP contribution in [0.25, 0.3) is 21.0 Å². The Morgan fingerprint density at radius 2 is 1.89 bits per heavy atom. The zero-order valence-corrected chi connectivity index (χ0v) is 16.6. The van der Waals surface area contributed by atoms with Crippen LogP contribution < -0.4 is 0 Å². The minimum absolute atomic E-state index is 0.0278. The van der Waals surface area contributed by atoms with Gasteiger partial charge in [0.2, 0.25) is 0 Å². The summed E-state index contributed by atoms with van der Waals surface area (Å²) in [5, 5.41) is 10.3. The number of halogens is 1. The second-order valence-corrected chi connectivity index (χ2v) is 8.17. The molecule has 0 saturated heterocycles. The van der Waals surface area contributed by atoms with Gasteiger partial charge in [-0.1, -0.05) is 23.7 Å². The van der Waals surface area contributed by atoms with Crippen molar-refractivity contribution in [1.29, 1.82) is 0 Å². The zero-order chi connectivity index (χ0) is 19.3. The number of nitrogens with zero attached hydrogens (tertiary/aromatic N) is 5. The van der Waals surface area contributed by atoms with Crippen molar-refractivity contribution in [2.45, 2.75) is 19.5 Å². The summed E-state index contributed by atoms with van der Waals surface area (Å²) in [7, 11) is 0. The van der Waals surface area contributed by atoms with Crippen LogP contribution in [0.2, 0.25) is 5.02 Å². The van der Waals surface area contributed by atoms with Gasteiger partial charge in [-0.15, -0.1) is 21.5 Å². The van der Waals surface area contributed by atoms with E-state index in [1.165, 1.54) is 0 Å². The lowest BCUT2D eigenvalue weighted by atomic mass is 10.1. The van der Waals surface area contributed by atoms with Crippen molar-refractivity contribution >= 4 is 39.1 Å². The summed E-state index contributed by atoms with van der Waals surface area (Å²) in [5.74, 6) is 1.52. The number of carbonyl (C=O) groups is 1. The predicted molar refractivity (Wildman–Crippen MR) is 110 cm³/mol. The molecule has 0 N–H and O–H groups in total. The van der Waals surface area contributed by atoms with Gasteiger partial charge in [0.15, 0.2) is 16.7 Å². The second-order valence-electron chi connectivity index (χ2n) is 6.70. The SMILES string of the molecule is CC1c2nnc(-c3nc4ccccc4s3)n2CCN1C(=O)c1ccc(Cl)cc1. The first-order chi connectivity index (χ1) is 13.6. The van der Waals surface area contributed by atoms with Crippen LogP contribution in [-0.2, 0) is 6.54 Å². The summed E-state index contributed by atoms with van der Waals surface area (Å²) >= 11 is 7.54. The molecule has 2 aromatic carbocycles. The number of carbonyl (C=O) groups excluding carboxylic acids is 1. The van der Waals surface area contributed by atoms with Gasteiger partial charge >= 0.3 is 0 Å². The topological polar surface area (TPSA) is 63.9 Å². The molecule has 140 valence electrons. The summed E-state index contributed by atoms with van der Waals surface area (Å²) in [6, 6.07) is 14.8. The number of rotatable bonds is 2. The highest BCUT2D eigenvalue weighted by atomic mass is 35.5. The molecule has 1 amide bonds. The minimum Gasteiger partial charge on any atom is -0.327 e. The van der Waals surface area contributed by atoms with E-state index in [1.54, 1.807) is 35.6 Å². The first-order valence-electron chi connectivity index (χ1n) is 8.97. The molecule has 8 heteroatoms. The van der Waals surface area contributed by atoms with Gasteiger partial charge in [-0.2, -0.15) is 0 Å². The Bertz CT molecular complexity index is 1150. The monoisotopic (exact) mass is 409 g/mol. The van der Waals surface area contributed by atoms with Gasteiger partial charge in [0.1, 0.15) is 0 Å². The maximum atomic E-state index is 12.9. The number of para-hydroxylation sites is 1. The average molecular weight is 410 g/mol. The van der Waals surface area contributed by atoms with E-state index >= 15 is 0 Å². The lowest BCUT2D eigenvalue weighted by molar-refractivity contribution is 0.0638. The van der Waals surface area contributed by atoms with Crippen molar-refractivity contribution in [2.24, 2.45) is 0 Å². The third kappa shape index (κ3) is 2.78. The molecule has 0 bridgehead atoms. The van der Waals surface area contributed by atoms with Gasteiger partial charge in [0, 0.05) is 23.7 Å². The molecule has 1 unspecified atom stereocenters. The van der Waals surface area contributed by atoms with Gasteiger partial charge in [-0.3, -0.25) is 4.79 Å². The Labute approximate surface area is 170 Å². The Balaban J connectivity index is 1.47. The molecule has 28 heavy (non-hydrogen) atoms. The van der Waals surface area contributed by atoms with Crippen molar-refractivity contribution < 1.29 is 4.79 Å². The molecule has 4 aromatic rings. The number of fused-ring (bicyclic) bond motifs is 2. The highest BCUT2D eigenvalue weighted by molar-refractivity contribution is 7.21. The molecule has 6 nitrogen and oxygen atoms in total. The van der Waals surface area contributed by atoms with Crippen molar-refractivity contribution in [2.75, 3.05) is 6.54 Å². The van der Waals surface area contributed by atoms with Gasteiger partial charge in [0.05, 0.1) is 16.3 Å². The predicted octanol–water partition coefficient (Wildman–Crippen LogP) is 4.43. The summed E-state index contributed by atoms with van der Waals surface area (Å²) in [6.45, 7) is 3.21. The van der Waals surface area contributed by atoms with E-state index in [2.05, 4.69) is 20.8 Å². The highest BCUT2D eigenvalue weighted by Crippen LogP contribution is 2.33. The molecule has 3 heterocycles. The van der Waals surface area contributed by atoms with E-state index in [0.717, 1.165) is 26.9 Å². The first-order valence-corrected chi connectivity index (χ1v) is 10.2. The van der Waals surface area contributed by atoms with E-state index in [9.17, 15) is 4.79 Å². The molecular formula is C20H16ClN5OS. The number of benzene rings is 2. The largest absolute Gasteiger partial charge is 0.327 e. The van der Waals surface area contributed by atoms with Crippen LogP contribution in [0, 0.1) is 0 Å². The number of thiazole rings is 1. The lowest BCUT2D eigenvalue weighted by Gasteiger charge is -2.33.